The van der Waals surface area contributed by atoms with Crippen LogP contribution in [-0.2, 0) is 0 Å². The molecule has 1 atom stereocenters. The van der Waals surface area contributed by atoms with Gasteiger partial charge in [0.05, 0.1) is 12.2 Å². The average molecular weight is 289 g/mol. The molecule has 0 radical (unpaired) electrons. The van der Waals surface area contributed by atoms with Crippen LogP contribution >= 0.6 is 0 Å². The molecule has 0 aromatic heterocycles. The number of aliphatic hydroxyl groups is 1. The van der Waals surface area contributed by atoms with Gasteiger partial charge in [0.1, 0.15) is 5.82 Å². The second-order valence-corrected chi connectivity index (χ2v) is 5.49. The molecular weight excluding hydrogens is 269 g/mol. The predicted octanol–water partition coefficient (Wildman–Crippen LogP) is 2.34. The number of hydrogen-bond acceptors (Lipinski definition) is 2. The second kappa shape index (κ2) is 7.24. The lowest BCUT2D eigenvalue weighted by molar-refractivity contribution is 0.0942. The van der Waals surface area contributed by atoms with Crippen LogP contribution in [0.3, 0.4) is 0 Å². The lowest BCUT2D eigenvalue weighted by Gasteiger charge is -2.12. The van der Waals surface area contributed by atoms with E-state index in [1.165, 1.54) is 31.0 Å². The Morgan fingerprint density at radius 2 is 2.29 bits per heavy atom. The molecule has 1 saturated carbocycles. The van der Waals surface area contributed by atoms with Crippen molar-refractivity contribution >= 4 is 5.91 Å². The minimum absolute atomic E-state index is 0.0133. The van der Waals surface area contributed by atoms with Gasteiger partial charge in [-0.05, 0) is 42.9 Å². The van der Waals surface area contributed by atoms with E-state index in [1.54, 1.807) is 0 Å². The molecule has 1 unspecified atom stereocenters. The third kappa shape index (κ3) is 4.57. The van der Waals surface area contributed by atoms with Gasteiger partial charge in [0.25, 0.3) is 5.91 Å². The van der Waals surface area contributed by atoms with E-state index in [9.17, 15) is 9.18 Å². The van der Waals surface area contributed by atoms with Crippen LogP contribution in [-0.4, -0.2) is 24.2 Å². The van der Waals surface area contributed by atoms with Crippen molar-refractivity contribution in [3.8, 4) is 11.8 Å². The minimum atomic E-state index is -0.542. The molecule has 21 heavy (non-hydrogen) atoms. The van der Waals surface area contributed by atoms with Gasteiger partial charge in [-0.2, -0.15) is 0 Å². The maximum Gasteiger partial charge on any atom is 0.254 e. The first-order valence-electron chi connectivity index (χ1n) is 7.29. The van der Waals surface area contributed by atoms with E-state index >= 15 is 0 Å². The van der Waals surface area contributed by atoms with Crippen LogP contribution in [0, 0.1) is 29.5 Å². The van der Waals surface area contributed by atoms with E-state index in [2.05, 4.69) is 24.1 Å². The van der Waals surface area contributed by atoms with Crippen LogP contribution in [0.15, 0.2) is 18.2 Å². The molecule has 3 nitrogen and oxygen atoms in total. The largest absolute Gasteiger partial charge is 0.395 e. The van der Waals surface area contributed by atoms with Crippen LogP contribution in [0.2, 0.25) is 0 Å². The van der Waals surface area contributed by atoms with Crippen LogP contribution in [0.25, 0.3) is 0 Å². The first kappa shape index (κ1) is 15.5. The minimum Gasteiger partial charge on any atom is -0.395 e. The SMILES string of the molecule is CC(CNC(=O)c1cc(C#CCCO)ccc1F)C1CC1. The normalized spacial score (nSPS) is 15.0. The molecule has 1 amide bonds. The van der Waals surface area contributed by atoms with Gasteiger partial charge in [0.2, 0.25) is 0 Å². The standard InChI is InChI=1S/C17H20FNO2/c1-12(14-6-7-14)11-19-17(21)15-10-13(4-2-3-9-20)5-8-16(15)18/h5,8,10,12,14,20H,3,6-7,9,11H2,1H3,(H,19,21). The molecule has 1 aromatic rings. The van der Waals surface area contributed by atoms with E-state index < -0.39 is 11.7 Å². The Labute approximate surface area is 124 Å². The highest BCUT2D eigenvalue weighted by molar-refractivity contribution is 5.94. The quantitative estimate of drug-likeness (QED) is 0.817. The van der Waals surface area contributed by atoms with Crippen molar-refractivity contribution in [2.75, 3.05) is 13.2 Å². The van der Waals surface area contributed by atoms with Crippen molar-refractivity contribution in [3.63, 3.8) is 0 Å². The van der Waals surface area contributed by atoms with Crippen molar-refractivity contribution < 1.29 is 14.3 Å². The summed E-state index contributed by atoms with van der Waals surface area (Å²) in [4.78, 5) is 12.1. The summed E-state index contributed by atoms with van der Waals surface area (Å²) in [6.07, 6.45) is 2.81. The maximum atomic E-state index is 13.8. The molecule has 0 spiro atoms. The molecular formula is C17H20FNO2. The summed E-state index contributed by atoms with van der Waals surface area (Å²) in [6.45, 7) is 2.66. The molecule has 112 valence electrons. The van der Waals surface area contributed by atoms with Gasteiger partial charge >= 0.3 is 0 Å². The number of carbonyl (C=O) groups is 1. The van der Waals surface area contributed by atoms with Crippen molar-refractivity contribution in [2.45, 2.75) is 26.2 Å². The van der Waals surface area contributed by atoms with Gasteiger partial charge in [-0.3, -0.25) is 4.79 Å². The molecule has 0 heterocycles. The van der Waals surface area contributed by atoms with Gasteiger partial charge < -0.3 is 10.4 Å². The number of rotatable bonds is 5. The van der Waals surface area contributed by atoms with Crippen LogP contribution < -0.4 is 5.32 Å². The number of carbonyl (C=O) groups excluding carboxylic acids is 1. The highest BCUT2D eigenvalue weighted by atomic mass is 19.1. The smallest absolute Gasteiger partial charge is 0.254 e. The lowest BCUT2D eigenvalue weighted by atomic mass is 10.1. The van der Waals surface area contributed by atoms with Crippen molar-refractivity contribution in [1.29, 1.82) is 0 Å². The fraction of sp³-hybridized carbons (Fsp3) is 0.471. The molecule has 2 rings (SSSR count). The molecule has 2 N–H and O–H groups in total. The molecule has 0 bridgehead atoms. The summed E-state index contributed by atoms with van der Waals surface area (Å²) in [5.41, 5.74) is 0.596. The Morgan fingerprint density at radius 3 is 2.95 bits per heavy atom. The van der Waals surface area contributed by atoms with Crippen molar-refractivity contribution in [2.24, 2.45) is 11.8 Å². The highest BCUT2D eigenvalue weighted by Gasteiger charge is 2.28. The number of hydrogen-bond donors (Lipinski definition) is 2. The van der Waals surface area contributed by atoms with E-state index in [-0.39, 0.29) is 12.2 Å². The predicted molar refractivity (Wildman–Crippen MR) is 79.2 cm³/mol. The molecule has 4 heteroatoms. The summed E-state index contributed by atoms with van der Waals surface area (Å²) in [7, 11) is 0. The molecule has 0 aliphatic heterocycles. The molecule has 1 aliphatic rings. The van der Waals surface area contributed by atoms with Gasteiger partial charge in [-0.1, -0.05) is 18.8 Å². The zero-order valence-corrected chi connectivity index (χ0v) is 12.2. The summed E-state index contributed by atoms with van der Waals surface area (Å²) in [6, 6.07) is 4.24. The summed E-state index contributed by atoms with van der Waals surface area (Å²) in [5.74, 6) is 5.76. The Bertz CT molecular complexity index is 570. The van der Waals surface area contributed by atoms with E-state index in [0.717, 1.165) is 0 Å². The number of halogens is 1. The molecule has 1 aliphatic carbocycles. The number of aliphatic hydroxyl groups excluding tert-OH is 1. The molecule has 1 aromatic carbocycles. The Kier molecular flexibility index (Phi) is 5.35. The topological polar surface area (TPSA) is 49.3 Å². The number of amides is 1. The van der Waals surface area contributed by atoms with Crippen LogP contribution in [0.5, 0.6) is 0 Å². The summed E-state index contributed by atoms with van der Waals surface area (Å²) >= 11 is 0. The first-order chi connectivity index (χ1) is 10.1. The fourth-order valence-electron chi connectivity index (χ4n) is 2.18. The second-order valence-electron chi connectivity index (χ2n) is 5.49. The van der Waals surface area contributed by atoms with Crippen LogP contribution in [0.4, 0.5) is 4.39 Å². The highest BCUT2D eigenvalue weighted by Crippen LogP contribution is 2.36. The number of benzene rings is 1. The monoisotopic (exact) mass is 289 g/mol. The lowest BCUT2D eigenvalue weighted by Crippen LogP contribution is -2.29. The Balaban J connectivity index is 2.01. The molecule has 0 saturated heterocycles. The Morgan fingerprint density at radius 1 is 1.52 bits per heavy atom. The van der Waals surface area contributed by atoms with E-state index in [0.29, 0.717) is 30.4 Å². The number of nitrogens with one attached hydrogen (secondary N) is 1. The Hall–Kier alpha value is -1.86. The molecule has 1 fully saturated rings. The van der Waals surface area contributed by atoms with Gasteiger partial charge in [-0.25, -0.2) is 4.39 Å². The van der Waals surface area contributed by atoms with Gasteiger partial charge in [0.15, 0.2) is 0 Å². The zero-order chi connectivity index (χ0) is 15.2. The van der Waals surface area contributed by atoms with Crippen molar-refractivity contribution in [3.05, 3.63) is 35.1 Å². The van der Waals surface area contributed by atoms with Gasteiger partial charge in [-0.15, -0.1) is 0 Å². The zero-order valence-electron chi connectivity index (χ0n) is 12.2. The average Bonchev–Trinajstić information content (AvgIpc) is 3.31. The fourth-order valence-corrected chi connectivity index (χ4v) is 2.18. The van der Waals surface area contributed by atoms with Crippen molar-refractivity contribution in [1.82, 2.24) is 5.32 Å². The maximum absolute atomic E-state index is 13.8. The van der Waals surface area contributed by atoms with E-state index in [4.69, 9.17) is 5.11 Å². The third-order valence-electron chi connectivity index (χ3n) is 3.69. The summed E-state index contributed by atoms with van der Waals surface area (Å²) in [5, 5.41) is 11.5. The van der Waals surface area contributed by atoms with E-state index in [1.807, 2.05) is 0 Å². The summed E-state index contributed by atoms with van der Waals surface area (Å²) < 4.78 is 13.8. The first-order valence-corrected chi connectivity index (χ1v) is 7.29. The van der Waals surface area contributed by atoms with Gasteiger partial charge in [0, 0.05) is 18.5 Å². The third-order valence-corrected chi connectivity index (χ3v) is 3.69. The van der Waals surface area contributed by atoms with Crippen LogP contribution in [0.1, 0.15) is 42.1 Å².